The van der Waals surface area contributed by atoms with Gasteiger partial charge in [0.15, 0.2) is 5.09 Å². The largest absolute Gasteiger partial charge is 0.478 e. The lowest BCUT2D eigenvalue weighted by Gasteiger charge is -2.03. The lowest BCUT2D eigenvalue weighted by molar-refractivity contribution is 0.0457. The van der Waals surface area contributed by atoms with Crippen molar-refractivity contribution in [3.05, 3.63) is 47.7 Å². The molecule has 0 atom stereocenters. The molecule has 0 saturated heterocycles. The van der Waals surface area contributed by atoms with Crippen molar-refractivity contribution in [1.29, 1.82) is 0 Å². The Hall–Kier alpha value is -2.21. The van der Waals surface area contributed by atoms with E-state index in [1.807, 2.05) is 6.92 Å². The molecule has 1 heterocycles. The number of hydrogen-bond donors (Lipinski definition) is 1. The van der Waals surface area contributed by atoms with Gasteiger partial charge in [0.2, 0.25) is 5.76 Å². The number of hydrogen-bond acceptors (Lipinski definition) is 5. The van der Waals surface area contributed by atoms with Crippen LogP contribution in [0.3, 0.4) is 0 Å². The van der Waals surface area contributed by atoms with Crippen LogP contribution in [0, 0.1) is 0 Å². The third-order valence-electron chi connectivity index (χ3n) is 2.84. The van der Waals surface area contributed by atoms with Crippen LogP contribution in [0.5, 0.6) is 0 Å². The van der Waals surface area contributed by atoms with Crippen molar-refractivity contribution >= 4 is 23.7 Å². The van der Waals surface area contributed by atoms with Crippen molar-refractivity contribution in [1.82, 2.24) is 0 Å². The Morgan fingerprint density at radius 2 is 2.00 bits per heavy atom. The number of unbranched alkanes of at least 4 members (excludes halogenated alkanes) is 1. The van der Waals surface area contributed by atoms with Crippen molar-refractivity contribution in [2.75, 3.05) is 6.61 Å². The van der Waals surface area contributed by atoms with E-state index in [9.17, 15) is 9.59 Å². The summed E-state index contributed by atoms with van der Waals surface area (Å²) < 4.78 is 10.5. The van der Waals surface area contributed by atoms with Crippen LogP contribution < -0.4 is 0 Å². The topological polar surface area (TPSA) is 76.7 Å². The van der Waals surface area contributed by atoms with E-state index in [4.69, 9.17) is 14.3 Å². The molecule has 0 amide bonds. The molecule has 22 heavy (non-hydrogen) atoms. The molecule has 0 aliphatic carbocycles. The molecule has 0 aliphatic rings. The molecule has 1 N–H and O–H groups in total. The number of carboxylic acid groups (broad SMARTS) is 1. The second-order valence-corrected chi connectivity index (χ2v) is 5.56. The number of carbonyl (C=O) groups is 2. The summed E-state index contributed by atoms with van der Waals surface area (Å²) in [7, 11) is 0. The van der Waals surface area contributed by atoms with E-state index in [0.29, 0.717) is 16.6 Å². The first-order chi connectivity index (χ1) is 10.6. The fraction of sp³-hybridized carbons (Fsp3) is 0.250. The van der Waals surface area contributed by atoms with Crippen molar-refractivity contribution in [2.24, 2.45) is 0 Å². The van der Waals surface area contributed by atoms with Crippen LogP contribution in [-0.4, -0.2) is 23.7 Å². The minimum atomic E-state index is -1.01. The van der Waals surface area contributed by atoms with Crippen LogP contribution >= 0.6 is 11.8 Å². The third kappa shape index (κ3) is 4.14. The highest BCUT2D eigenvalue weighted by atomic mass is 32.2. The van der Waals surface area contributed by atoms with Crippen molar-refractivity contribution in [3.8, 4) is 0 Å². The van der Waals surface area contributed by atoms with Gasteiger partial charge in [0.1, 0.15) is 0 Å². The third-order valence-corrected chi connectivity index (χ3v) is 3.84. The SMILES string of the molecule is CCCCOC(=O)c1ccc(Sc2ccccc2C(=O)O)o1. The quantitative estimate of drug-likeness (QED) is 0.612. The van der Waals surface area contributed by atoms with Gasteiger partial charge >= 0.3 is 11.9 Å². The van der Waals surface area contributed by atoms with Gasteiger partial charge in [-0.05, 0) is 30.7 Å². The molecule has 5 nitrogen and oxygen atoms in total. The predicted molar refractivity (Wildman–Crippen MR) is 81.4 cm³/mol. The molecule has 1 aromatic heterocycles. The van der Waals surface area contributed by atoms with Gasteiger partial charge in [-0.3, -0.25) is 0 Å². The summed E-state index contributed by atoms with van der Waals surface area (Å²) in [4.78, 5) is 23.4. The van der Waals surface area contributed by atoms with Crippen LogP contribution in [-0.2, 0) is 4.74 Å². The molecule has 116 valence electrons. The van der Waals surface area contributed by atoms with Gasteiger partial charge in [0, 0.05) is 4.90 Å². The van der Waals surface area contributed by atoms with E-state index in [1.54, 1.807) is 24.3 Å². The highest BCUT2D eigenvalue weighted by Gasteiger charge is 2.15. The van der Waals surface area contributed by atoms with Crippen LogP contribution in [0.4, 0.5) is 0 Å². The lowest BCUT2D eigenvalue weighted by Crippen LogP contribution is -2.04. The molecule has 0 unspecified atom stereocenters. The van der Waals surface area contributed by atoms with Gasteiger partial charge < -0.3 is 14.3 Å². The predicted octanol–water partition coefficient (Wildman–Crippen LogP) is 4.09. The van der Waals surface area contributed by atoms with Gasteiger partial charge in [-0.2, -0.15) is 0 Å². The molecule has 0 fully saturated rings. The Balaban J connectivity index is 2.06. The molecule has 0 spiro atoms. The molecular weight excluding hydrogens is 304 g/mol. The first kappa shape index (κ1) is 16.2. The molecule has 1 aromatic carbocycles. The molecule has 0 bridgehead atoms. The molecule has 2 aromatic rings. The average molecular weight is 320 g/mol. The summed E-state index contributed by atoms with van der Waals surface area (Å²) in [5.74, 6) is -1.40. The number of aromatic carboxylic acids is 1. The molecule has 0 saturated carbocycles. The molecular formula is C16H16O5S. The van der Waals surface area contributed by atoms with E-state index in [-0.39, 0.29) is 11.3 Å². The van der Waals surface area contributed by atoms with Crippen LogP contribution in [0.1, 0.15) is 40.7 Å². The maximum absolute atomic E-state index is 11.7. The zero-order valence-electron chi connectivity index (χ0n) is 12.1. The normalized spacial score (nSPS) is 10.4. The van der Waals surface area contributed by atoms with Crippen molar-refractivity contribution in [3.63, 3.8) is 0 Å². The van der Waals surface area contributed by atoms with Gasteiger partial charge in [0.25, 0.3) is 0 Å². The van der Waals surface area contributed by atoms with Gasteiger partial charge in [-0.1, -0.05) is 37.2 Å². The molecule has 2 rings (SSSR count). The van der Waals surface area contributed by atoms with Gasteiger partial charge in [-0.25, -0.2) is 9.59 Å². The minimum Gasteiger partial charge on any atom is -0.478 e. The van der Waals surface area contributed by atoms with E-state index in [1.165, 1.54) is 12.1 Å². The fourth-order valence-corrected chi connectivity index (χ4v) is 2.60. The second kappa shape index (κ2) is 7.70. The number of rotatable bonds is 7. The first-order valence-corrected chi connectivity index (χ1v) is 7.70. The zero-order valence-corrected chi connectivity index (χ0v) is 12.9. The van der Waals surface area contributed by atoms with E-state index in [2.05, 4.69) is 0 Å². The molecule has 6 heteroatoms. The van der Waals surface area contributed by atoms with Gasteiger partial charge in [-0.15, -0.1) is 0 Å². The maximum atomic E-state index is 11.7. The smallest absolute Gasteiger partial charge is 0.374 e. The maximum Gasteiger partial charge on any atom is 0.374 e. The number of carboxylic acids is 1. The number of ether oxygens (including phenoxy) is 1. The summed E-state index contributed by atoms with van der Waals surface area (Å²) >= 11 is 1.15. The highest BCUT2D eigenvalue weighted by Crippen LogP contribution is 2.31. The van der Waals surface area contributed by atoms with Crippen LogP contribution in [0.25, 0.3) is 0 Å². The Morgan fingerprint density at radius 1 is 1.23 bits per heavy atom. The van der Waals surface area contributed by atoms with E-state index in [0.717, 1.165) is 24.6 Å². The first-order valence-electron chi connectivity index (χ1n) is 6.89. The van der Waals surface area contributed by atoms with Gasteiger partial charge in [0.05, 0.1) is 12.2 Å². The second-order valence-electron chi connectivity index (χ2n) is 4.51. The van der Waals surface area contributed by atoms with E-state index < -0.39 is 11.9 Å². The summed E-state index contributed by atoms with van der Waals surface area (Å²) in [5.41, 5.74) is 0.191. The van der Waals surface area contributed by atoms with Crippen molar-refractivity contribution < 1.29 is 23.8 Å². The number of benzene rings is 1. The summed E-state index contributed by atoms with van der Waals surface area (Å²) in [5, 5.41) is 9.58. The Kier molecular flexibility index (Phi) is 5.66. The zero-order chi connectivity index (χ0) is 15.9. The monoisotopic (exact) mass is 320 g/mol. The average Bonchev–Trinajstić information content (AvgIpc) is 2.96. The minimum absolute atomic E-state index is 0.117. The molecule has 0 radical (unpaired) electrons. The van der Waals surface area contributed by atoms with E-state index >= 15 is 0 Å². The Bertz CT molecular complexity index is 662. The highest BCUT2D eigenvalue weighted by molar-refractivity contribution is 7.99. The number of esters is 1. The summed E-state index contributed by atoms with van der Waals surface area (Å²) in [6.45, 7) is 2.37. The number of furan rings is 1. The lowest BCUT2D eigenvalue weighted by atomic mass is 10.2. The molecule has 0 aliphatic heterocycles. The standard InChI is InChI=1S/C16H16O5S/c1-2-3-10-20-16(19)12-8-9-14(21-12)22-13-7-5-4-6-11(13)15(17)18/h4-9H,2-3,10H2,1H3,(H,17,18). The van der Waals surface area contributed by atoms with Crippen LogP contribution in [0.2, 0.25) is 0 Å². The fourth-order valence-electron chi connectivity index (χ4n) is 1.71. The Labute approximate surface area is 132 Å². The number of carbonyl (C=O) groups excluding carboxylic acids is 1. The van der Waals surface area contributed by atoms with Crippen LogP contribution in [0.15, 0.2) is 50.8 Å². The Morgan fingerprint density at radius 3 is 2.73 bits per heavy atom. The van der Waals surface area contributed by atoms with Crippen molar-refractivity contribution in [2.45, 2.75) is 29.8 Å². The summed E-state index contributed by atoms with van der Waals surface area (Å²) in [6.07, 6.45) is 1.75. The summed E-state index contributed by atoms with van der Waals surface area (Å²) in [6, 6.07) is 9.77.